The molecule has 1 atom stereocenters. The molecule has 0 radical (unpaired) electrons. The maximum Gasteiger partial charge on any atom is 0.311 e. The molecule has 23 heavy (non-hydrogen) atoms. The first-order valence-electron chi connectivity index (χ1n) is 7.27. The predicted octanol–water partition coefficient (Wildman–Crippen LogP) is 3.78. The Morgan fingerprint density at radius 3 is 2.61 bits per heavy atom. The Morgan fingerprint density at radius 1 is 1.22 bits per heavy atom. The summed E-state index contributed by atoms with van der Waals surface area (Å²) >= 11 is 0. The van der Waals surface area contributed by atoms with Crippen LogP contribution >= 0.6 is 0 Å². The molecule has 0 spiro atoms. The van der Waals surface area contributed by atoms with E-state index in [1.54, 1.807) is 24.3 Å². The third-order valence-electron chi connectivity index (χ3n) is 3.56. The minimum absolute atomic E-state index is 0.0923. The quantitative estimate of drug-likeness (QED) is 0.844. The molecule has 5 heteroatoms. The van der Waals surface area contributed by atoms with Crippen molar-refractivity contribution >= 4 is 5.97 Å². The summed E-state index contributed by atoms with van der Waals surface area (Å²) in [5.74, 6) is -1.57. The molecule has 0 aliphatic carbocycles. The molecule has 122 valence electrons. The topological polar surface area (TPSA) is 55.8 Å². The van der Waals surface area contributed by atoms with E-state index in [9.17, 15) is 14.3 Å². The van der Waals surface area contributed by atoms with Crippen molar-refractivity contribution in [1.29, 1.82) is 0 Å². The summed E-state index contributed by atoms with van der Waals surface area (Å²) in [6.07, 6.45) is 0.212. The van der Waals surface area contributed by atoms with Crippen LogP contribution in [0, 0.1) is 12.7 Å². The van der Waals surface area contributed by atoms with E-state index in [0.29, 0.717) is 11.3 Å². The summed E-state index contributed by atoms with van der Waals surface area (Å²) in [4.78, 5) is 11.6. The zero-order chi connectivity index (χ0) is 16.8. The van der Waals surface area contributed by atoms with Crippen LogP contribution in [-0.2, 0) is 4.79 Å². The third-order valence-corrected chi connectivity index (χ3v) is 3.56. The molecule has 0 saturated heterocycles. The van der Waals surface area contributed by atoms with E-state index >= 15 is 0 Å². The molecule has 4 nitrogen and oxygen atoms in total. The zero-order valence-corrected chi connectivity index (χ0v) is 13.1. The fourth-order valence-electron chi connectivity index (χ4n) is 2.39. The number of methoxy groups -OCH3 is 1. The molecule has 1 N–H and O–H groups in total. The Kier molecular flexibility index (Phi) is 5.57. The van der Waals surface area contributed by atoms with Crippen molar-refractivity contribution in [2.24, 2.45) is 0 Å². The SMILES string of the molecule is COc1ccc(C)cc1C(CCOc1ccccc1F)C(=O)O. The van der Waals surface area contributed by atoms with E-state index in [2.05, 4.69) is 0 Å². The van der Waals surface area contributed by atoms with Crippen LogP contribution in [0.3, 0.4) is 0 Å². The molecule has 0 bridgehead atoms. The number of hydrogen-bond donors (Lipinski definition) is 1. The highest BCUT2D eigenvalue weighted by molar-refractivity contribution is 5.77. The summed E-state index contributed by atoms with van der Waals surface area (Å²) in [6.45, 7) is 1.98. The van der Waals surface area contributed by atoms with Crippen molar-refractivity contribution in [2.45, 2.75) is 19.3 Å². The third kappa shape index (κ3) is 4.22. The lowest BCUT2D eigenvalue weighted by atomic mass is 9.94. The van der Waals surface area contributed by atoms with Crippen LogP contribution in [-0.4, -0.2) is 24.8 Å². The molecular weight excluding hydrogens is 299 g/mol. The molecule has 0 fully saturated rings. The van der Waals surface area contributed by atoms with Gasteiger partial charge in [0.2, 0.25) is 0 Å². The van der Waals surface area contributed by atoms with Crippen LogP contribution in [0.1, 0.15) is 23.5 Å². The van der Waals surface area contributed by atoms with Gasteiger partial charge in [0, 0.05) is 5.56 Å². The number of para-hydroxylation sites is 1. The van der Waals surface area contributed by atoms with Gasteiger partial charge in [0.05, 0.1) is 19.6 Å². The molecule has 0 amide bonds. The molecule has 0 aliphatic heterocycles. The summed E-state index contributed by atoms with van der Waals surface area (Å²) in [5, 5.41) is 9.50. The normalized spacial score (nSPS) is 11.8. The Hall–Kier alpha value is -2.56. The van der Waals surface area contributed by atoms with Crippen molar-refractivity contribution in [3.63, 3.8) is 0 Å². The fourth-order valence-corrected chi connectivity index (χ4v) is 2.39. The van der Waals surface area contributed by atoms with Gasteiger partial charge in [-0.1, -0.05) is 29.8 Å². The fraction of sp³-hybridized carbons (Fsp3) is 0.278. The number of ether oxygens (including phenoxy) is 2. The number of carbonyl (C=O) groups is 1. The number of halogens is 1. The summed E-state index contributed by atoms with van der Waals surface area (Å²) in [6, 6.07) is 11.4. The lowest BCUT2D eigenvalue weighted by Crippen LogP contribution is -2.16. The first-order chi connectivity index (χ1) is 11.0. The van der Waals surface area contributed by atoms with E-state index in [0.717, 1.165) is 5.56 Å². The first kappa shape index (κ1) is 16.8. The molecule has 2 aromatic carbocycles. The summed E-state index contributed by atoms with van der Waals surface area (Å²) < 4.78 is 24.1. The van der Waals surface area contributed by atoms with Gasteiger partial charge in [-0.3, -0.25) is 4.79 Å². The average molecular weight is 318 g/mol. The van der Waals surface area contributed by atoms with Crippen molar-refractivity contribution < 1.29 is 23.8 Å². The van der Waals surface area contributed by atoms with Crippen molar-refractivity contribution in [1.82, 2.24) is 0 Å². The first-order valence-corrected chi connectivity index (χ1v) is 7.27. The lowest BCUT2D eigenvalue weighted by Gasteiger charge is -2.17. The van der Waals surface area contributed by atoms with E-state index in [-0.39, 0.29) is 18.8 Å². The molecule has 1 unspecified atom stereocenters. The largest absolute Gasteiger partial charge is 0.496 e. The lowest BCUT2D eigenvalue weighted by molar-refractivity contribution is -0.139. The van der Waals surface area contributed by atoms with Gasteiger partial charge in [-0.25, -0.2) is 4.39 Å². The minimum Gasteiger partial charge on any atom is -0.496 e. The summed E-state index contributed by atoms with van der Waals surface area (Å²) in [7, 11) is 1.50. The molecule has 0 aromatic heterocycles. The Balaban J connectivity index is 2.12. The second-order valence-electron chi connectivity index (χ2n) is 5.20. The average Bonchev–Trinajstić information content (AvgIpc) is 2.53. The van der Waals surface area contributed by atoms with Crippen molar-refractivity contribution in [3.8, 4) is 11.5 Å². The van der Waals surface area contributed by atoms with E-state index < -0.39 is 17.7 Å². The number of aliphatic carboxylic acids is 1. The van der Waals surface area contributed by atoms with Gasteiger partial charge in [-0.2, -0.15) is 0 Å². The van der Waals surface area contributed by atoms with Gasteiger partial charge >= 0.3 is 5.97 Å². The van der Waals surface area contributed by atoms with Crippen LogP contribution in [0.15, 0.2) is 42.5 Å². The van der Waals surface area contributed by atoms with Gasteiger partial charge in [0.1, 0.15) is 5.75 Å². The smallest absolute Gasteiger partial charge is 0.311 e. The second kappa shape index (κ2) is 7.63. The van der Waals surface area contributed by atoms with Crippen LogP contribution in [0.4, 0.5) is 4.39 Å². The van der Waals surface area contributed by atoms with Gasteiger partial charge < -0.3 is 14.6 Å². The predicted molar refractivity (Wildman–Crippen MR) is 84.6 cm³/mol. The van der Waals surface area contributed by atoms with E-state index in [1.807, 2.05) is 13.0 Å². The highest BCUT2D eigenvalue weighted by Crippen LogP contribution is 2.30. The van der Waals surface area contributed by atoms with Crippen molar-refractivity contribution in [2.75, 3.05) is 13.7 Å². The Labute approximate surface area is 134 Å². The van der Waals surface area contributed by atoms with Crippen LogP contribution in [0.5, 0.6) is 11.5 Å². The number of aryl methyl sites for hydroxylation is 1. The molecule has 0 heterocycles. The molecule has 2 rings (SSSR count). The highest BCUT2D eigenvalue weighted by Gasteiger charge is 2.23. The molecular formula is C18H19FO4. The Morgan fingerprint density at radius 2 is 1.96 bits per heavy atom. The second-order valence-corrected chi connectivity index (χ2v) is 5.20. The standard InChI is InChI=1S/C18H19FO4/c1-12-7-8-16(22-2)14(11-12)13(18(20)21)9-10-23-17-6-4-3-5-15(17)19/h3-8,11,13H,9-10H2,1-2H3,(H,20,21). The van der Waals surface area contributed by atoms with Crippen LogP contribution in [0.2, 0.25) is 0 Å². The maximum absolute atomic E-state index is 13.5. The molecule has 0 aliphatic rings. The number of carboxylic acid groups (broad SMARTS) is 1. The maximum atomic E-state index is 13.5. The number of benzene rings is 2. The zero-order valence-electron chi connectivity index (χ0n) is 13.1. The van der Waals surface area contributed by atoms with E-state index in [1.165, 1.54) is 19.2 Å². The van der Waals surface area contributed by atoms with Crippen LogP contribution < -0.4 is 9.47 Å². The number of carboxylic acids is 1. The van der Waals surface area contributed by atoms with E-state index in [4.69, 9.17) is 9.47 Å². The number of rotatable bonds is 7. The monoisotopic (exact) mass is 318 g/mol. The summed E-state index contributed by atoms with van der Waals surface area (Å²) in [5.41, 5.74) is 1.54. The van der Waals surface area contributed by atoms with Crippen LogP contribution in [0.25, 0.3) is 0 Å². The van der Waals surface area contributed by atoms with Gasteiger partial charge in [-0.15, -0.1) is 0 Å². The van der Waals surface area contributed by atoms with Crippen molar-refractivity contribution in [3.05, 3.63) is 59.4 Å². The van der Waals surface area contributed by atoms with Gasteiger partial charge in [0.15, 0.2) is 11.6 Å². The van der Waals surface area contributed by atoms with Gasteiger partial charge in [0.25, 0.3) is 0 Å². The Bertz CT molecular complexity index is 684. The molecule has 2 aromatic rings. The molecule has 0 saturated carbocycles. The highest BCUT2D eigenvalue weighted by atomic mass is 19.1. The number of hydrogen-bond acceptors (Lipinski definition) is 3. The minimum atomic E-state index is -0.967. The van der Waals surface area contributed by atoms with Gasteiger partial charge in [-0.05, 0) is 31.5 Å².